The van der Waals surface area contributed by atoms with E-state index in [4.69, 9.17) is 0 Å². The Labute approximate surface area is 113 Å². The van der Waals surface area contributed by atoms with Crippen LogP contribution in [0.1, 0.15) is 28.9 Å². The monoisotopic (exact) mass is 270 g/mol. The van der Waals surface area contributed by atoms with Crippen LogP contribution in [0.3, 0.4) is 0 Å². The van der Waals surface area contributed by atoms with E-state index in [0.717, 1.165) is 37.3 Å². The first-order valence-electron chi connectivity index (χ1n) is 6.28. The fourth-order valence-corrected chi connectivity index (χ4v) is 2.97. The molecule has 2 aliphatic rings. The van der Waals surface area contributed by atoms with Gasteiger partial charge in [-0.15, -0.1) is 12.4 Å². The van der Waals surface area contributed by atoms with Gasteiger partial charge in [-0.05, 0) is 32.2 Å². The van der Waals surface area contributed by atoms with Gasteiger partial charge in [-0.25, -0.2) is 0 Å². The van der Waals surface area contributed by atoms with Gasteiger partial charge in [0.05, 0.1) is 11.8 Å². The number of carbonyl (C=O) groups is 1. The highest BCUT2D eigenvalue weighted by molar-refractivity contribution is 5.95. The Hall–Kier alpha value is -1.07. The molecular weight excluding hydrogens is 252 g/mol. The summed E-state index contributed by atoms with van der Waals surface area (Å²) in [4.78, 5) is 14.3. The van der Waals surface area contributed by atoms with Crippen molar-refractivity contribution >= 4 is 18.3 Å². The number of halogens is 1. The van der Waals surface area contributed by atoms with Crippen LogP contribution in [0.25, 0.3) is 0 Å². The fourth-order valence-electron chi connectivity index (χ4n) is 2.97. The molecule has 1 aromatic rings. The molecule has 2 atom stereocenters. The van der Waals surface area contributed by atoms with Gasteiger partial charge < -0.3 is 10.2 Å². The first-order valence-corrected chi connectivity index (χ1v) is 6.28. The number of amides is 1. The molecule has 0 bridgehead atoms. The number of nitrogens with zero attached hydrogens (tertiary/aromatic N) is 2. The van der Waals surface area contributed by atoms with Crippen molar-refractivity contribution in [2.75, 3.05) is 19.6 Å². The number of hydrogen-bond donors (Lipinski definition) is 2. The lowest BCUT2D eigenvalue weighted by atomic mass is 9.93. The van der Waals surface area contributed by atoms with E-state index in [0.29, 0.717) is 12.0 Å². The summed E-state index contributed by atoms with van der Waals surface area (Å²) in [5.74, 6) is 0.765. The molecule has 100 valence electrons. The number of fused-ring (bicyclic) bond motifs is 1. The second-order valence-corrected chi connectivity index (χ2v) is 5.06. The smallest absolute Gasteiger partial charge is 0.257 e. The first-order chi connectivity index (χ1) is 8.25. The number of carbonyl (C=O) groups excluding carboxylic acids is 1. The number of aromatic amines is 1. The number of piperidine rings is 1. The molecule has 2 fully saturated rings. The quantitative estimate of drug-likeness (QED) is 0.799. The molecule has 3 heterocycles. The van der Waals surface area contributed by atoms with E-state index in [1.807, 2.05) is 11.8 Å². The summed E-state index contributed by atoms with van der Waals surface area (Å²) in [6.45, 7) is 4.74. The van der Waals surface area contributed by atoms with Crippen molar-refractivity contribution in [3.63, 3.8) is 0 Å². The largest absolute Gasteiger partial charge is 0.338 e. The molecule has 3 rings (SSSR count). The van der Waals surface area contributed by atoms with Crippen molar-refractivity contribution in [3.05, 3.63) is 17.5 Å². The maximum absolute atomic E-state index is 12.3. The van der Waals surface area contributed by atoms with Gasteiger partial charge in [0.25, 0.3) is 5.91 Å². The Morgan fingerprint density at radius 2 is 2.33 bits per heavy atom. The number of aromatic nitrogens is 2. The zero-order valence-electron chi connectivity index (χ0n) is 10.5. The normalized spacial score (nSPS) is 26.6. The molecule has 2 saturated heterocycles. The van der Waals surface area contributed by atoms with Gasteiger partial charge in [0.1, 0.15) is 0 Å². The molecule has 0 spiro atoms. The number of H-pyrrole nitrogens is 1. The van der Waals surface area contributed by atoms with Gasteiger partial charge >= 0.3 is 0 Å². The molecule has 0 saturated carbocycles. The van der Waals surface area contributed by atoms with Gasteiger partial charge in [0.15, 0.2) is 0 Å². The number of rotatable bonds is 1. The Kier molecular flexibility index (Phi) is 3.92. The van der Waals surface area contributed by atoms with E-state index in [1.54, 1.807) is 6.20 Å². The van der Waals surface area contributed by atoms with Gasteiger partial charge in [0, 0.05) is 24.8 Å². The maximum Gasteiger partial charge on any atom is 0.257 e. The lowest BCUT2D eigenvalue weighted by Gasteiger charge is -2.34. The van der Waals surface area contributed by atoms with Crippen molar-refractivity contribution < 1.29 is 4.79 Å². The highest BCUT2D eigenvalue weighted by Gasteiger charge is 2.34. The minimum atomic E-state index is 0. The number of likely N-dealkylation sites (tertiary alicyclic amines) is 1. The second kappa shape index (κ2) is 5.28. The van der Waals surface area contributed by atoms with E-state index in [9.17, 15) is 4.79 Å². The Balaban J connectivity index is 0.00000120. The highest BCUT2D eigenvalue weighted by atomic mass is 35.5. The number of hydrogen-bond acceptors (Lipinski definition) is 3. The molecule has 2 N–H and O–H groups in total. The third-order valence-electron chi connectivity index (χ3n) is 4.00. The van der Waals surface area contributed by atoms with Gasteiger partial charge in [-0.1, -0.05) is 0 Å². The SMILES string of the molecule is Cc1[nH]ncc1C(=O)N1CCC2NCCC2C1.Cl. The predicted octanol–water partition coefficient (Wildman–Crippen LogP) is 0.964. The van der Waals surface area contributed by atoms with Gasteiger partial charge in [-0.3, -0.25) is 9.89 Å². The molecule has 0 aliphatic carbocycles. The van der Waals surface area contributed by atoms with Crippen molar-refractivity contribution in [3.8, 4) is 0 Å². The van der Waals surface area contributed by atoms with Crippen LogP contribution in [0.4, 0.5) is 0 Å². The molecular formula is C12H19ClN4O. The van der Waals surface area contributed by atoms with Crippen molar-refractivity contribution in [2.24, 2.45) is 5.92 Å². The van der Waals surface area contributed by atoms with Crippen LogP contribution >= 0.6 is 12.4 Å². The van der Waals surface area contributed by atoms with Crippen LogP contribution in [0.15, 0.2) is 6.20 Å². The fraction of sp³-hybridized carbons (Fsp3) is 0.667. The molecule has 2 aliphatic heterocycles. The maximum atomic E-state index is 12.3. The molecule has 6 heteroatoms. The molecule has 0 radical (unpaired) electrons. The molecule has 1 amide bonds. The summed E-state index contributed by atoms with van der Waals surface area (Å²) in [5, 5.41) is 10.3. The second-order valence-electron chi connectivity index (χ2n) is 5.06. The standard InChI is InChI=1S/C12H18N4O.ClH/c1-8-10(6-14-15-8)12(17)16-5-3-11-9(7-16)2-4-13-11;/h6,9,11,13H,2-5,7H2,1H3,(H,14,15);1H. The molecule has 2 unspecified atom stereocenters. The van der Waals surface area contributed by atoms with Crippen LogP contribution in [-0.4, -0.2) is 46.7 Å². The zero-order valence-corrected chi connectivity index (χ0v) is 11.3. The van der Waals surface area contributed by atoms with Crippen LogP contribution in [0.2, 0.25) is 0 Å². The predicted molar refractivity (Wildman–Crippen MR) is 71.0 cm³/mol. The van der Waals surface area contributed by atoms with E-state index >= 15 is 0 Å². The molecule has 1 aromatic heterocycles. The lowest BCUT2D eigenvalue weighted by Crippen LogP contribution is -2.46. The molecule has 0 aromatic carbocycles. The third-order valence-corrected chi connectivity index (χ3v) is 4.00. The Morgan fingerprint density at radius 1 is 1.50 bits per heavy atom. The number of aryl methyl sites for hydroxylation is 1. The zero-order chi connectivity index (χ0) is 11.8. The van der Waals surface area contributed by atoms with Crippen molar-refractivity contribution in [1.82, 2.24) is 20.4 Å². The summed E-state index contributed by atoms with van der Waals surface area (Å²) >= 11 is 0. The summed E-state index contributed by atoms with van der Waals surface area (Å²) in [7, 11) is 0. The van der Waals surface area contributed by atoms with E-state index in [1.165, 1.54) is 6.42 Å². The lowest BCUT2D eigenvalue weighted by molar-refractivity contribution is 0.0661. The summed E-state index contributed by atoms with van der Waals surface area (Å²) in [5.41, 5.74) is 1.58. The van der Waals surface area contributed by atoms with E-state index in [-0.39, 0.29) is 18.3 Å². The van der Waals surface area contributed by atoms with Gasteiger partial charge in [-0.2, -0.15) is 5.10 Å². The van der Waals surface area contributed by atoms with Crippen LogP contribution < -0.4 is 5.32 Å². The summed E-state index contributed by atoms with van der Waals surface area (Å²) in [6, 6.07) is 0.629. The summed E-state index contributed by atoms with van der Waals surface area (Å²) in [6.07, 6.45) is 3.91. The van der Waals surface area contributed by atoms with E-state index in [2.05, 4.69) is 15.5 Å². The number of nitrogens with one attached hydrogen (secondary N) is 2. The van der Waals surface area contributed by atoms with E-state index < -0.39 is 0 Å². The highest BCUT2D eigenvalue weighted by Crippen LogP contribution is 2.25. The molecule has 5 nitrogen and oxygen atoms in total. The molecule has 18 heavy (non-hydrogen) atoms. The van der Waals surface area contributed by atoms with Crippen LogP contribution in [0, 0.1) is 12.8 Å². The van der Waals surface area contributed by atoms with Crippen molar-refractivity contribution in [2.45, 2.75) is 25.8 Å². The Morgan fingerprint density at radius 3 is 3.06 bits per heavy atom. The van der Waals surface area contributed by atoms with Gasteiger partial charge in [0.2, 0.25) is 0 Å². The third kappa shape index (κ3) is 2.24. The summed E-state index contributed by atoms with van der Waals surface area (Å²) < 4.78 is 0. The van der Waals surface area contributed by atoms with Crippen molar-refractivity contribution in [1.29, 1.82) is 0 Å². The minimum absolute atomic E-state index is 0. The average molecular weight is 271 g/mol. The van der Waals surface area contributed by atoms with Crippen LogP contribution in [0.5, 0.6) is 0 Å². The first kappa shape index (κ1) is 13.4. The average Bonchev–Trinajstić information content (AvgIpc) is 2.95. The minimum Gasteiger partial charge on any atom is -0.338 e. The topological polar surface area (TPSA) is 61.0 Å². The van der Waals surface area contributed by atoms with Crippen LogP contribution in [-0.2, 0) is 0 Å². The Bertz CT molecular complexity index is 433.